The Morgan fingerprint density at radius 1 is 0.938 bits per heavy atom. The number of benzene rings is 2. The number of pyridine rings is 1. The van der Waals surface area contributed by atoms with Crippen LogP contribution in [0.4, 0.5) is 11.4 Å². The minimum absolute atomic E-state index is 0.0604. The van der Waals surface area contributed by atoms with Crippen molar-refractivity contribution in [2.75, 3.05) is 63.6 Å². The first-order chi connectivity index (χ1) is 23.3. The van der Waals surface area contributed by atoms with Crippen LogP contribution in [0.25, 0.3) is 10.9 Å². The number of aromatic nitrogens is 1. The van der Waals surface area contributed by atoms with Crippen LogP contribution in [0.15, 0.2) is 60.2 Å². The number of amides is 4. The van der Waals surface area contributed by atoms with Gasteiger partial charge in [-0.3, -0.25) is 29.3 Å². The fourth-order valence-corrected chi connectivity index (χ4v) is 5.29. The van der Waals surface area contributed by atoms with Crippen molar-refractivity contribution >= 4 is 51.7 Å². The Morgan fingerprint density at radius 2 is 1.71 bits per heavy atom. The van der Waals surface area contributed by atoms with Crippen LogP contribution in [0.5, 0.6) is 0 Å². The van der Waals surface area contributed by atoms with E-state index in [2.05, 4.69) is 26.3 Å². The molecule has 2 aliphatic rings. The third-order valence-electron chi connectivity index (χ3n) is 7.75. The minimum atomic E-state index is -0.529. The number of aliphatic hydroxyl groups is 1. The number of nitrogens with one attached hydrogen (secondary N) is 4. The van der Waals surface area contributed by atoms with Gasteiger partial charge in [0.1, 0.15) is 12.5 Å². The Labute approximate surface area is 276 Å². The van der Waals surface area contributed by atoms with Gasteiger partial charge in [-0.1, -0.05) is 18.2 Å². The van der Waals surface area contributed by atoms with E-state index in [1.165, 1.54) is 0 Å². The number of anilines is 2. The van der Waals surface area contributed by atoms with Crippen LogP contribution < -0.4 is 21.3 Å². The second-order valence-corrected chi connectivity index (χ2v) is 11.2. The molecule has 0 saturated carbocycles. The summed E-state index contributed by atoms with van der Waals surface area (Å²) in [6, 6.07) is 13.8. The molecule has 5 rings (SSSR count). The molecule has 0 bridgehead atoms. The summed E-state index contributed by atoms with van der Waals surface area (Å²) >= 11 is 0. The predicted molar refractivity (Wildman–Crippen MR) is 174 cm³/mol. The highest BCUT2D eigenvalue weighted by Crippen LogP contribution is 2.31. The van der Waals surface area contributed by atoms with Gasteiger partial charge >= 0.3 is 0 Å². The Bertz CT molecular complexity index is 1720. The van der Waals surface area contributed by atoms with Crippen LogP contribution in [0.3, 0.4) is 0 Å². The quantitative estimate of drug-likeness (QED) is 0.0651. The van der Waals surface area contributed by atoms with E-state index in [1.807, 2.05) is 6.07 Å². The normalized spacial score (nSPS) is 16.6. The van der Waals surface area contributed by atoms with Crippen molar-refractivity contribution in [3.63, 3.8) is 0 Å². The number of hydrogen-bond donors (Lipinski definition) is 5. The minimum Gasteiger partial charge on any atom is -0.377 e. The van der Waals surface area contributed by atoms with Crippen molar-refractivity contribution in [2.24, 2.45) is 5.92 Å². The highest BCUT2D eigenvalue weighted by molar-refractivity contribution is 6.14. The highest BCUT2D eigenvalue weighted by Gasteiger charge is 2.30. The van der Waals surface area contributed by atoms with Gasteiger partial charge in [0.15, 0.2) is 5.78 Å². The molecule has 4 amide bonds. The summed E-state index contributed by atoms with van der Waals surface area (Å²) in [6.45, 7) is 1.87. The van der Waals surface area contributed by atoms with Crippen LogP contribution in [0.1, 0.15) is 39.3 Å². The van der Waals surface area contributed by atoms with E-state index in [4.69, 9.17) is 19.3 Å². The van der Waals surface area contributed by atoms with Gasteiger partial charge in [0.25, 0.3) is 5.91 Å². The molecule has 3 aromatic rings. The molecule has 1 saturated heterocycles. The zero-order valence-electron chi connectivity index (χ0n) is 26.2. The molecule has 1 unspecified atom stereocenters. The van der Waals surface area contributed by atoms with E-state index < -0.39 is 17.7 Å². The first-order valence-electron chi connectivity index (χ1n) is 15.6. The number of nitrogens with zero attached hydrogens (tertiary/aromatic N) is 1. The molecule has 14 nitrogen and oxygen atoms in total. The molecule has 14 heteroatoms. The van der Waals surface area contributed by atoms with Crippen molar-refractivity contribution < 1.29 is 43.3 Å². The zero-order chi connectivity index (χ0) is 33.9. The van der Waals surface area contributed by atoms with Gasteiger partial charge in [0, 0.05) is 47.3 Å². The lowest BCUT2D eigenvalue weighted by Gasteiger charge is -2.18. The van der Waals surface area contributed by atoms with Crippen LogP contribution in [0.2, 0.25) is 0 Å². The average Bonchev–Trinajstić information content (AvgIpc) is 3.39. The molecule has 1 aliphatic carbocycles. The summed E-state index contributed by atoms with van der Waals surface area (Å²) < 4.78 is 15.4. The molecule has 1 fully saturated rings. The summed E-state index contributed by atoms with van der Waals surface area (Å²) in [7, 11) is 0. The summed E-state index contributed by atoms with van der Waals surface area (Å²) in [4.78, 5) is 66.4. The summed E-state index contributed by atoms with van der Waals surface area (Å²) in [5.74, 6) is -2.07. The maximum absolute atomic E-state index is 13.1. The fourth-order valence-electron chi connectivity index (χ4n) is 5.29. The van der Waals surface area contributed by atoms with Gasteiger partial charge in [-0.2, -0.15) is 0 Å². The maximum atomic E-state index is 13.1. The predicted octanol–water partition coefficient (Wildman–Crippen LogP) is 1.73. The first-order valence-corrected chi connectivity index (χ1v) is 15.6. The fraction of sp³-hybridized carbons (Fsp3) is 0.353. The second kappa shape index (κ2) is 16.7. The van der Waals surface area contributed by atoms with Crippen molar-refractivity contribution in [3.05, 3.63) is 77.0 Å². The Balaban J connectivity index is 1.08. The molecule has 1 aliphatic heterocycles. The standard InChI is InChI=1S/C34H37N5O9/c40-20-48-14-13-47-12-11-46-10-9-35-31(42)19-36-25-5-7-28-22(17-25)2-6-29(38-28)34(45)37-26-4-1-21-15-24(32(43)27(21)18-26)16-23-3-8-30(41)39-33(23)44/h1-2,4-7,16-18,23,36,40H,3,8-15,19-20H2,(H,35,42)(H,37,45)(H,39,41,44). The number of ether oxygens (including phenoxy) is 3. The summed E-state index contributed by atoms with van der Waals surface area (Å²) in [5.41, 5.74) is 3.70. The monoisotopic (exact) mass is 659 g/mol. The average molecular weight is 660 g/mol. The van der Waals surface area contributed by atoms with E-state index in [1.54, 1.807) is 48.5 Å². The van der Waals surface area contributed by atoms with E-state index in [-0.39, 0.29) is 43.1 Å². The third-order valence-corrected chi connectivity index (χ3v) is 7.75. The van der Waals surface area contributed by atoms with Crippen LogP contribution >= 0.6 is 0 Å². The number of aliphatic hydroxyl groups excluding tert-OH is 1. The number of imide groups is 1. The smallest absolute Gasteiger partial charge is 0.274 e. The Kier molecular flexibility index (Phi) is 11.9. The number of rotatable bonds is 16. The van der Waals surface area contributed by atoms with Crippen molar-refractivity contribution in [1.82, 2.24) is 15.6 Å². The number of fused-ring (bicyclic) bond motifs is 2. The van der Waals surface area contributed by atoms with Crippen LogP contribution in [-0.4, -0.2) is 92.4 Å². The number of Topliss-reactive ketones (excluding diaryl/α,β-unsaturated/α-hetero) is 1. The summed E-state index contributed by atoms with van der Waals surface area (Å²) in [5, 5.41) is 20.2. The first kappa shape index (κ1) is 34.3. The molecule has 48 heavy (non-hydrogen) atoms. The van der Waals surface area contributed by atoms with E-state index >= 15 is 0 Å². The van der Waals surface area contributed by atoms with E-state index in [0.29, 0.717) is 80.4 Å². The number of carbonyl (C=O) groups is 5. The number of ketones is 1. The molecular formula is C34H37N5O9. The molecule has 5 N–H and O–H groups in total. The zero-order valence-corrected chi connectivity index (χ0v) is 26.2. The Morgan fingerprint density at radius 3 is 2.50 bits per heavy atom. The van der Waals surface area contributed by atoms with Crippen LogP contribution in [0, 0.1) is 5.92 Å². The van der Waals surface area contributed by atoms with Gasteiger partial charge in [0.2, 0.25) is 17.7 Å². The lowest BCUT2D eigenvalue weighted by molar-refractivity contribution is -0.135. The van der Waals surface area contributed by atoms with Crippen molar-refractivity contribution in [3.8, 4) is 0 Å². The maximum Gasteiger partial charge on any atom is 0.274 e. The number of carbonyl (C=O) groups excluding carboxylic acids is 5. The van der Waals surface area contributed by atoms with Gasteiger partial charge in [-0.15, -0.1) is 0 Å². The molecule has 2 aromatic carbocycles. The van der Waals surface area contributed by atoms with Crippen LogP contribution in [-0.2, 0) is 35.0 Å². The SMILES string of the molecule is O=C(CNc1ccc2nc(C(=O)Nc3ccc4c(c3)C(=O)C(=CC3CCC(=O)NC3=O)C4)ccc2c1)NCCOCCOCCOCO. The molecular weight excluding hydrogens is 622 g/mol. The molecule has 0 spiro atoms. The number of allylic oxidation sites excluding steroid dienone is 1. The highest BCUT2D eigenvalue weighted by atomic mass is 16.6. The second-order valence-electron chi connectivity index (χ2n) is 11.2. The molecule has 2 heterocycles. The lowest BCUT2D eigenvalue weighted by Crippen LogP contribution is -2.40. The topological polar surface area (TPSA) is 194 Å². The van der Waals surface area contributed by atoms with Gasteiger partial charge in [-0.25, -0.2) is 4.98 Å². The van der Waals surface area contributed by atoms with Gasteiger partial charge in [-0.05, 0) is 48.4 Å². The van der Waals surface area contributed by atoms with E-state index in [0.717, 1.165) is 10.9 Å². The van der Waals surface area contributed by atoms with Gasteiger partial charge in [0.05, 0.1) is 51.0 Å². The van der Waals surface area contributed by atoms with Crippen molar-refractivity contribution in [2.45, 2.75) is 19.3 Å². The molecule has 0 radical (unpaired) electrons. The lowest BCUT2D eigenvalue weighted by atomic mass is 9.94. The number of hydrogen-bond acceptors (Lipinski definition) is 11. The third kappa shape index (κ3) is 9.29. The molecule has 252 valence electrons. The summed E-state index contributed by atoms with van der Waals surface area (Å²) in [6.07, 6.45) is 2.63. The Hall–Kier alpha value is -5.02. The van der Waals surface area contributed by atoms with Gasteiger partial charge < -0.3 is 35.3 Å². The molecule has 1 atom stereocenters. The largest absolute Gasteiger partial charge is 0.377 e. The number of piperidine rings is 1. The van der Waals surface area contributed by atoms with Crippen molar-refractivity contribution in [1.29, 1.82) is 0 Å². The van der Waals surface area contributed by atoms with E-state index in [9.17, 15) is 24.0 Å². The molecule has 1 aromatic heterocycles.